The van der Waals surface area contributed by atoms with E-state index >= 15 is 0 Å². The fraction of sp³-hybridized carbons (Fsp3) is 0.167. The number of nitrogens with zero attached hydrogens (tertiary/aromatic N) is 3. The van der Waals surface area contributed by atoms with E-state index < -0.39 is 0 Å². The lowest BCUT2D eigenvalue weighted by Crippen LogP contribution is -2.32. The zero-order chi connectivity index (χ0) is 18.3. The number of nitrogens with one attached hydrogen (secondary N) is 2. The smallest absolute Gasteiger partial charge is 0.253 e. The number of pyridine rings is 1. The van der Waals surface area contributed by atoms with Gasteiger partial charge >= 0.3 is 0 Å². The highest BCUT2D eigenvalue weighted by atomic mass is 32.2. The van der Waals surface area contributed by atoms with Crippen LogP contribution in [0.3, 0.4) is 0 Å². The topological polar surface area (TPSA) is 82.7 Å². The Morgan fingerprint density at radius 3 is 3.00 bits per heavy atom. The van der Waals surface area contributed by atoms with E-state index in [9.17, 15) is 8.68 Å². The molecule has 1 aromatic carbocycles. The van der Waals surface area contributed by atoms with E-state index in [1.807, 2.05) is 23.8 Å². The molecule has 4 rings (SSSR count). The summed E-state index contributed by atoms with van der Waals surface area (Å²) in [6, 6.07) is 10.4. The molecule has 3 heterocycles. The third kappa shape index (κ3) is 2.57. The summed E-state index contributed by atoms with van der Waals surface area (Å²) in [6.07, 6.45) is 0.767. The highest BCUT2D eigenvalue weighted by Crippen LogP contribution is 2.30. The molecule has 1 aliphatic rings. The normalized spacial score (nSPS) is 13.2. The van der Waals surface area contributed by atoms with Gasteiger partial charge in [0.25, 0.3) is 5.91 Å². The number of fused-ring (bicyclic) bond motifs is 3. The Morgan fingerprint density at radius 1 is 1.38 bits per heavy atom. The maximum atomic E-state index is 13.0. The highest BCUT2D eigenvalue weighted by Gasteiger charge is 2.25. The predicted octanol–water partition coefficient (Wildman–Crippen LogP) is 3.45. The molecule has 0 aliphatic carbocycles. The molecule has 130 valence electrons. The van der Waals surface area contributed by atoms with Crippen molar-refractivity contribution in [3.05, 3.63) is 47.2 Å². The monoisotopic (exact) mass is 367 g/mol. The summed E-state index contributed by atoms with van der Waals surface area (Å²) in [6.45, 7) is 0.621. The number of aryl methyl sites for hydroxylation is 1. The fourth-order valence-electron chi connectivity index (χ4n) is 3.25. The molecule has 0 spiro atoms. The van der Waals surface area contributed by atoms with Gasteiger partial charge < -0.3 is 15.2 Å². The molecule has 0 saturated carbocycles. The summed E-state index contributed by atoms with van der Waals surface area (Å²) in [5.41, 5.74) is 3.29. The average Bonchev–Trinajstić information content (AvgIpc) is 2.95. The molecule has 0 fully saturated rings. The molecule has 1 amide bonds. The number of rotatable bonds is 3. The third-order valence-electron chi connectivity index (χ3n) is 4.49. The van der Waals surface area contributed by atoms with Crippen LogP contribution in [0.4, 0.5) is 15.4 Å². The first-order valence-electron chi connectivity index (χ1n) is 7.98. The van der Waals surface area contributed by atoms with Crippen LogP contribution in [0.1, 0.15) is 21.6 Å². The van der Waals surface area contributed by atoms with Crippen molar-refractivity contribution in [2.75, 3.05) is 11.9 Å². The van der Waals surface area contributed by atoms with Crippen LogP contribution in [0, 0.1) is 11.3 Å². The maximum Gasteiger partial charge on any atom is 0.253 e. The molecular formula is C18H14FN5OS. The minimum atomic E-state index is -0.0731. The van der Waals surface area contributed by atoms with Crippen molar-refractivity contribution >= 4 is 40.6 Å². The van der Waals surface area contributed by atoms with Gasteiger partial charge in [0.1, 0.15) is 17.5 Å². The minimum Gasteiger partial charge on any atom is -0.352 e. The van der Waals surface area contributed by atoms with Gasteiger partial charge in [0, 0.05) is 36.8 Å². The zero-order valence-electron chi connectivity index (χ0n) is 13.8. The average molecular weight is 367 g/mol. The van der Waals surface area contributed by atoms with Gasteiger partial charge in [0.15, 0.2) is 0 Å². The van der Waals surface area contributed by atoms with E-state index in [0.717, 1.165) is 17.5 Å². The first-order valence-corrected chi connectivity index (χ1v) is 8.70. The second-order valence-corrected chi connectivity index (χ2v) is 6.57. The Morgan fingerprint density at radius 2 is 2.23 bits per heavy atom. The van der Waals surface area contributed by atoms with Crippen molar-refractivity contribution in [3.63, 3.8) is 0 Å². The van der Waals surface area contributed by atoms with Crippen LogP contribution >= 0.6 is 12.1 Å². The summed E-state index contributed by atoms with van der Waals surface area (Å²) >= 11 is 0.0367. The van der Waals surface area contributed by atoms with Crippen LogP contribution < -0.4 is 10.6 Å². The van der Waals surface area contributed by atoms with Crippen LogP contribution in [-0.4, -0.2) is 22.0 Å². The summed E-state index contributed by atoms with van der Waals surface area (Å²) in [5, 5.41) is 15.8. The highest BCUT2D eigenvalue weighted by molar-refractivity contribution is 7.94. The molecule has 6 nitrogen and oxygen atoms in total. The summed E-state index contributed by atoms with van der Waals surface area (Å²) in [7, 11) is 1.90. The summed E-state index contributed by atoms with van der Waals surface area (Å²) in [5.74, 6) is 0.506. The number of amides is 1. The lowest BCUT2D eigenvalue weighted by Gasteiger charge is -2.13. The molecule has 3 aromatic rings. The number of anilines is 2. The van der Waals surface area contributed by atoms with Crippen LogP contribution in [0.25, 0.3) is 11.0 Å². The van der Waals surface area contributed by atoms with Gasteiger partial charge in [-0.3, -0.25) is 4.79 Å². The number of carbonyl (C=O) groups is 1. The van der Waals surface area contributed by atoms with Crippen molar-refractivity contribution in [1.29, 1.82) is 5.26 Å². The Labute approximate surface area is 153 Å². The second-order valence-electron chi connectivity index (χ2n) is 5.98. The Kier molecular flexibility index (Phi) is 4.01. The lowest BCUT2D eigenvalue weighted by molar-refractivity contribution is 0.0947. The molecule has 2 aromatic heterocycles. The van der Waals surface area contributed by atoms with Gasteiger partial charge in [-0.25, -0.2) is 4.98 Å². The fourth-order valence-corrected chi connectivity index (χ4v) is 3.62. The Hall–Kier alpha value is -3.05. The van der Waals surface area contributed by atoms with Gasteiger partial charge in [-0.1, -0.05) is 0 Å². The minimum absolute atomic E-state index is 0.0367. The quantitative estimate of drug-likeness (QED) is 0.741. The van der Waals surface area contributed by atoms with Crippen molar-refractivity contribution < 1.29 is 8.68 Å². The van der Waals surface area contributed by atoms with Crippen molar-refractivity contribution in [1.82, 2.24) is 14.9 Å². The molecule has 1 aliphatic heterocycles. The number of carbonyl (C=O) groups excluding carboxylic acids is 1. The van der Waals surface area contributed by atoms with Gasteiger partial charge in [0.05, 0.1) is 28.2 Å². The molecule has 8 heteroatoms. The van der Waals surface area contributed by atoms with E-state index in [1.54, 1.807) is 24.3 Å². The van der Waals surface area contributed by atoms with Crippen molar-refractivity contribution in [3.8, 4) is 6.07 Å². The van der Waals surface area contributed by atoms with Crippen molar-refractivity contribution in [2.45, 2.75) is 11.3 Å². The summed E-state index contributed by atoms with van der Waals surface area (Å²) < 4.78 is 14.9. The molecule has 0 saturated heterocycles. The van der Waals surface area contributed by atoms with Gasteiger partial charge in [-0.15, -0.1) is 0 Å². The number of hydrogen-bond donors (Lipinski definition) is 2. The number of aromatic nitrogens is 2. The zero-order valence-corrected chi connectivity index (χ0v) is 14.7. The molecule has 2 N–H and O–H groups in total. The van der Waals surface area contributed by atoms with E-state index in [-0.39, 0.29) is 28.5 Å². The summed E-state index contributed by atoms with van der Waals surface area (Å²) in [4.78, 5) is 17.1. The number of halogens is 1. The van der Waals surface area contributed by atoms with Crippen molar-refractivity contribution in [2.24, 2.45) is 7.05 Å². The maximum absolute atomic E-state index is 13.0. The largest absolute Gasteiger partial charge is 0.352 e. The molecule has 0 unspecified atom stereocenters. The van der Waals surface area contributed by atoms with E-state index in [2.05, 4.69) is 15.6 Å². The van der Waals surface area contributed by atoms with Crippen LogP contribution in [0.5, 0.6) is 0 Å². The number of nitriles is 1. The van der Waals surface area contributed by atoms with Crippen LogP contribution in [0.15, 0.2) is 35.2 Å². The third-order valence-corrected chi connectivity index (χ3v) is 4.99. The number of benzene rings is 1. The first-order chi connectivity index (χ1) is 12.6. The molecule has 26 heavy (non-hydrogen) atoms. The second kappa shape index (κ2) is 6.35. The Balaban J connectivity index is 1.74. The SMILES string of the molecule is Cn1c2c(c3ccc(Nc4ccc(C#N)c(SF)c4)nc31)C(=O)NCC2. The van der Waals surface area contributed by atoms with Gasteiger partial charge in [0.2, 0.25) is 0 Å². The molecular weight excluding hydrogens is 353 g/mol. The van der Waals surface area contributed by atoms with Gasteiger partial charge in [-0.05, 0) is 30.3 Å². The van der Waals surface area contributed by atoms with E-state index in [0.29, 0.717) is 29.3 Å². The van der Waals surface area contributed by atoms with Crippen LogP contribution in [-0.2, 0) is 13.5 Å². The predicted molar refractivity (Wildman–Crippen MR) is 98.2 cm³/mol. The molecule has 0 bridgehead atoms. The van der Waals surface area contributed by atoms with E-state index in [1.165, 1.54) is 0 Å². The lowest BCUT2D eigenvalue weighted by atomic mass is 10.1. The number of hydrogen-bond acceptors (Lipinski definition) is 5. The Bertz CT molecular complexity index is 1090. The van der Waals surface area contributed by atoms with E-state index in [4.69, 9.17) is 5.26 Å². The molecule has 0 atom stereocenters. The van der Waals surface area contributed by atoms with Crippen LogP contribution in [0.2, 0.25) is 0 Å². The molecule has 0 radical (unpaired) electrons. The first kappa shape index (κ1) is 16.4. The standard InChI is InChI=1S/C18H14FN5OS/c1-24-13-6-7-21-18(25)16(13)12-4-5-15(23-17(12)24)22-11-3-2-10(9-20)14(8-11)26-19/h2-5,8H,6-7H2,1H3,(H,21,25)(H,22,23). The van der Waals surface area contributed by atoms with Gasteiger partial charge in [-0.2, -0.15) is 9.15 Å².